The lowest BCUT2D eigenvalue weighted by Gasteiger charge is -2.22. The van der Waals surface area contributed by atoms with Crippen LogP contribution in [0.4, 0.5) is 5.82 Å². The van der Waals surface area contributed by atoms with E-state index in [0.717, 1.165) is 17.7 Å². The van der Waals surface area contributed by atoms with Crippen LogP contribution < -0.4 is 10.2 Å². The number of fused-ring (bicyclic) bond motifs is 2. The molecule has 1 aromatic carbocycles. The Bertz CT molecular complexity index is 1070. The van der Waals surface area contributed by atoms with Crippen LogP contribution in [-0.2, 0) is 16.0 Å². The molecular weight excluding hydrogens is 392 g/mol. The Hall–Kier alpha value is -2.76. The van der Waals surface area contributed by atoms with Crippen molar-refractivity contribution in [2.75, 3.05) is 19.2 Å². The van der Waals surface area contributed by atoms with E-state index in [1.54, 1.807) is 29.0 Å². The topological polar surface area (TPSA) is 131 Å². The Morgan fingerprint density at radius 2 is 2.10 bits per heavy atom. The average Bonchev–Trinajstić information content (AvgIpc) is 3.46. The van der Waals surface area contributed by atoms with E-state index in [2.05, 4.69) is 15.4 Å². The summed E-state index contributed by atoms with van der Waals surface area (Å²) in [6, 6.07) is 7.15. The Balaban J connectivity index is 1.44. The summed E-state index contributed by atoms with van der Waals surface area (Å²) in [4.78, 5) is 13.3. The molecule has 0 radical (unpaired) electrons. The van der Waals surface area contributed by atoms with Gasteiger partial charge in [0.1, 0.15) is 42.1 Å². The lowest BCUT2D eigenvalue weighted by molar-refractivity contribution is -0.0848. The third-order valence-electron chi connectivity index (χ3n) is 5.62. The molecule has 10 nitrogen and oxygen atoms in total. The normalized spacial score (nSPS) is 26.5. The monoisotopic (exact) mass is 414 g/mol. The molecule has 0 aliphatic carbocycles. The molecule has 4 N–H and O–H groups in total. The highest BCUT2D eigenvalue weighted by Gasteiger charge is 2.47. The maximum Gasteiger partial charge on any atom is 0.164 e. The molecule has 0 spiro atoms. The summed E-state index contributed by atoms with van der Waals surface area (Å²) in [5.41, 5.74) is 4.77. The lowest BCUT2D eigenvalue weighted by Crippen LogP contribution is -2.34. The number of anilines is 1. The maximum absolute atomic E-state index is 10.9. The zero-order valence-corrected chi connectivity index (χ0v) is 16.2. The van der Waals surface area contributed by atoms with E-state index in [-0.39, 0.29) is 0 Å². The van der Waals surface area contributed by atoms with Gasteiger partial charge in [-0.05, 0) is 29.3 Å². The number of nitrogens with zero attached hydrogens (tertiary/aromatic N) is 3. The first-order chi connectivity index (χ1) is 14.6. The van der Waals surface area contributed by atoms with Crippen LogP contribution in [0.3, 0.4) is 0 Å². The molecule has 10 heteroatoms. The summed E-state index contributed by atoms with van der Waals surface area (Å²) >= 11 is 0. The van der Waals surface area contributed by atoms with Gasteiger partial charge in [-0.3, -0.25) is 4.84 Å². The Kier molecular flexibility index (Phi) is 4.80. The van der Waals surface area contributed by atoms with Crippen molar-refractivity contribution in [1.82, 2.24) is 14.5 Å². The van der Waals surface area contributed by atoms with E-state index in [0.29, 0.717) is 29.0 Å². The molecule has 5 rings (SSSR count). The minimum atomic E-state index is -1.29. The van der Waals surface area contributed by atoms with Crippen LogP contribution in [0, 0.1) is 0 Å². The Labute approximate surface area is 171 Å². The van der Waals surface area contributed by atoms with E-state index in [9.17, 15) is 15.3 Å². The lowest BCUT2D eigenvalue weighted by atomic mass is 9.97. The van der Waals surface area contributed by atoms with Crippen molar-refractivity contribution < 1.29 is 29.6 Å². The molecule has 158 valence electrons. The molecular formula is C20H22N4O6. The average molecular weight is 414 g/mol. The summed E-state index contributed by atoms with van der Waals surface area (Å²) in [6.07, 6.45) is -1.80. The van der Waals surface area contributed by atoms with Gasteiger partial charge in [0.05, 0.1) is 19.1 Å². The Morgan fingerprint density at radius 1 is 1.23 bits per heavy atom. The molecule has 5 atom stereocenters. The summed E-state index contributed by atoms with van der Waals surface area (Å²) < 4.78 is 13.0. The van der Waals surface area contributed by atoms with Crippen molar-refractivity contribution >= 4 is 16.9 Å². The first-order valence-electron chi connectivity index (χ1n) is 9.64. The van der Waals surface area contributed by atoms with Gasteiger partial charge in [-0.25, -0.2) is 15.4 Å². The number of hydrogen-bond donors (Lipinski definition) is 4. The molecule has 2 aliphatic rings. The number of hydrogen-bond acceptors (Lipinski definition) is 9. The molecule has 3 aromatic rings. The van der Waals surface area contributed by atoms with E-state index < -0.39 is 30.6 Å². The molecule has 0 bridgehead atoms. The van der Waals surface area contributed by atoms with Crippen LogP contribution in [0.15, 0.2) is 36.8 Å². The standard InChI is InChI=1S/C20H22N4O6/c1-28-23-18-12-4-6-24(19(12)22-9-21-18)20-16(27)15(26)17(30-20)14(25)11-2-3-13-10(8-11)5-7-29-13/h2-4,6,8-9,14-17,20,25-27H,5,7H2,1H3,(H,21,22,23)/t14?,15-,16+,17+,20+/m0/s1. The number of nitrogens with one attached hydrogen (secondary N) is 1. The number of benzene rings is 1. The van der Waals surface area contributed by atoms with Crippen LogP contribution >= 0.6 is 0 Å². The zero-order valence-electron chi connectivity index (χ0n) is 16.2. The van der Waals surface area contributed by atoms with Gasteiger partial charge in [0.25, 0.3) is 0 Å². The first kappa shape index (κ1) is 19.2. The fourth-order valence-corrected chi connectivity index (χ4v) is 4.11. The largest absolute Gasteiger partial charge is 0.493 e. The molecule has 2 aliphatic heterocycles. The number of aliphatic hydroxyl groups is 3. The van der Waals surface area contributed by atoms with Crippen LogP contribution in [-0.4, -0.2) is 61.9 Å². The van der Waals surface area contributed by atoms with E-state index in [1.807, 2.05) is 6.07 Å². The van der Waals surface area contributed by atoms with Gasteiger partial charge in [0.2, 0.25) is 0 Å². The van der Waals surface area contributed by atoms with Gasteiger partial charge >= 0.3 is 0 Å². The highest BCUT2D eigenvalue weighted by Crippen LogP contribution is 2.39. The van der Waals surface area contributed by atoms with Gasteiger partial charge < -0.3 is 29.4 Å². The summed E-state index contributed by atoms with van der Waals surface area (Å²) in [5.74, 6) is 1.27. The van der Waals surface area contributed by atoms with E-state index in [1.165, 1.54) is 13.4 Å². The molecule has 1 unspecified atom stereocenters. The van der Waals surface area contributed by atoms with Crippen LogP contribution in [0.5, 0.6) is 5.75 Å². The summed E-state index contributed by atoms with van der Waals surface area (Å²) in [5, 5.41) is 32.8. The van der Waals surface area contributed by atoms with Crippen LogP contribution in [0.1, 0.15) is 23.5 Å². The second-order valence-electron chi connectivity index (χ2n) is 7.37. The third-order valence-corrected chi connectivity index (χ3v) is 5.62. The fourth-order valence-electron chi connectivity index (χ4n) is 4.11. The van der Waals surface area contributed by atoms with E-state index >= 15 is 0 Å². The predicted molar refractivity (Wildman–Crippen MR) is 105 cm³/mol. The fraction of sp³-hybridized carbons (Fsp3) is 0.400. The van der Waals surface area contributed by atoms with Crippen molar-refractivity contribution in [2.45, 2.75) is 37.1 Å². The Morgan fingerprint density at radius 3 is 2.93 bits per heavy atom. The minimum Gasteiger partial charge on any atom is -0.493 e. The van der Waals surface area contributed by atoms with Crippen molar-refractivity contribution in [3.8, 4) is 5.75 Å². The number of aliphatic hydroxyl groups excluding tert-OH is 3. The number of ether oxygens (including phenoxy) is 2. The molecule has 30 heavy (non-hydrogen) atoms. The minimum absolute atomic E-state index is 0.464. The summed E-state index contributed by atoms with van der Waals surface area (Å²) in [6.45, 7) is 0.612. The molecule has 1 fully saturated rings. The number of rotatable bonds is 5. The molecule has 2 aromatic heterocycles. The van der Waals surface area contributed by atoms with Crippen LogP contribution in [0.25, 0.3) is 11.0 Å². The highest BCUT2D eigenvalue weighted by atomic mass is 16.6. The molecule has 4 heterocycles. The SMILES string of the molecule is CONc1ncnc2c1ccn2[C@@H]1O[C@H](C(O)c2ccc3c(c2)CCO3)[C@@H](O)[C@H]1O. The molecule has 1 saturated heterocycles. The summed E-state index contributed by atoms with van der Waals surface area (Å²) in [7, 11) is 1.47. The van der Waals surface area contributed by atoms with Gasteiger partial charge in [-0.15, -0.1) is 0 Å². The van der Waals surface area contributed by atoms with Gasteiger partial charge in [0, 0.05) is 12.6 Å². The van der Waals surface area contributed by atoms with E-state index in [4.69, 9.17) is 14.3 Å². The zero-order chi connectivity index (χ0) is 20.8. The molecule has 0 amide bonds. The van der Waals surface area contributed by atoms with Crippen molar-refractivity contribution in [3.05, 3.63) is 47.9 Å². The first-order valence-corrected chi connectivity index (χ1v) is 9.64. The van der Waals surface area contributed by atoms with Gasteiger partial charge in [-0.2, -0.15) is 0 Å². The number of aromatic nitrogens is 3. The smallest absolute Gasteiger partial charge is 0.164 e. The highest BCUT2D eigenvalue weighted by molar-refractivity contribution is 5.87. The quantitative estimate of drug-likeness (QED) is 0.445. The predicted octanol–water partition coefficient (Wildman–Crippen LogP) is 0.692. The third kappa shape index (κ3) is 3.01. The van der Waals surface area contributed by atoms with Crippen LogP contribution in [0.2, 0.25) is 0 Å². The van der Waals surface area contributed by atoms with Gasteiger partial charge in [0.15, 0.2) is 12.0 Å². The van der Waals surface area contributed by atoms with Crippen molar-refractivity contribution in [3.63, 3.8) is 0 Å². The van der Waals surface area contributed by atoms with Crippen molar-refractivity contribution in [2.24, 2.45) is 0 Å². The van der Waals surface area contributed by atoms with Crippen molar-refractivity contribution in [1.29, 1.82) is 0 Å². The second-order valence-corrected chi connectivity index (χ2v) is 7.37. The second kappa shape index (κ2) is 7.49. The van der Waals surface area contributed by atoms with Gasteiger partial charge in [-0.1, -0.05) is 6.07 Å². The maximum atomic E-state index is 10.9. The molecule has 0 saturated carbocycles.